The minimum atomic E-state index is -0.391. The van der Waals surface area contributed by atoms with Gasteiger partial charge in [0.25, 0.3) is 6.47 Å². The largest absolute Gasteiger partial charge is 0.483 e. The Balaban J connectivity index is 0.000000891. The molecule has 2 amide bonds. The van der Waals surface area contributed by atoms with Crippen LogP contribution in [-0.4, -0.2) is 40.1 Å². The van der Waals surface area contributed by atoms with Gasteiger partial charge in [-0.3, -0.25) is 14.4 Å². The molecule has 0 atom stereocenters. The van der Waals surface area contributed by atoms with Gasteiger partial charge < -0.3 is 15.7 Å². The third-order valence-electron chi connectivity index (χ3n) is 2.50. The number of amides is 2. The molecule has 1 aromatic carbocycles. The molecule has 2 rings (SSSR count). The van der Waals surface area contributed by atoms with Gasteiger partial charge in [-0.05, 0) is 12.1 Å². The fourth-order valence-corrected chi connectivity index (χ4v) is 2.34. The molecule has 128 valence electrons. The van der Waals surface area contributed by atoms with Gasteiger partial charge in [0.05, 0.1) is 0 Å². The molecule has 2 aromatic rings. The fourth-order valence-electron chi connectivity index (χ4n) is 1.55. The lowest BCUT2D eigenvalue weighted by Crippen LogP contribution is -2.25. The van der Waals surface area contributed by atoms with Gasteiger partial charge in [-0.1, -0.05) is 23.5 Å². The van der Waals surface area contributed by atoms with Crippen LogP contribution in [0.15, 0.2) is 24.3 Å². The number of benzene rings is 1. The Kier molecular flexibility index (Phi) is 7.99. The van der Waals surface area contributed by atoms with Crippen molar-refractivity contribution in [3.05, 3.63) is 30.1 Å². The van der Waals surface area contributed by atoms with E-state index in [1.165, 1.54) is 13.0 Å². The van der Waals surface area contributed by atoms with Crippen molar-refractivity contribution in [3.8, 4) is 10.6 Å². The fraction of sp³-hybridized carbons (Fsp3) is 0.214. The summed E-state index contributed by atoms with van der Waals surface area (Å²) in [5.74, 6) is -0.877. The van der Waals surface area contributed by atoms with E-state index in [0.29, 0.717) is 15.7 Å². The SMILES string of the molecule is CC(=O)NCCC(=O)Nc1nnc(-c2ccccc2F)s1.O=CO. The molecule has 0 saturated heterocycles. The van der Waals surface area contributed by atoms with Crippen LogP contribution < -0.4 is 10.6 Å². The number of carbonyl (C=O) groups excluding carboxylic acids is 2. The Morgan fingerprint density at radius 3 is 2.62 bits per heavy atom. The normalized spacial score (nSPS) is 9.42. The zero-order valence-electron chi connectivity index (χ0n) is 12.7. The Labute approximate surface area is 140 Å². The van der Waals surface area contributed by atoms with Crippen LogP contribution in [0, 0.1) is 5.82 Å². The van der Waals surface area contributed by atoms with Gasteiger partial charge in [-0.25, -0.2) is 4.39 Å². The number of nitrogens with zero attached hydrogens (tertiary/aromatic N) is 2. The van der Waals surface area contributed by atoms with Gasteiger partial charge in [0.15, 0.2) is 5.01 Å². The minimum absolute atomic E-state index is 0.133. The summed E-state index contributed by atoms with van der Waals surface area (Å²) in [4.78, 5) is 30.6. The first kappa shape index (κ1) is 19.2. The molecular weight excluding hydrogens is 339 g/mol. The van der Waals surface area contributed by atoms with E-state index >= 15 is 0 Å². The Morgan fingerprint density at radius 2 is 2.00 bits per heavy atom. The van der Waals surface area contributed by atoms with E-state index in [1.807, 2.05) is 0 Å². The van der Waals surface area contributed by atoms with Crippen molar-refractivity contribution in [2.45, 2.75) is 13.3 Å². The molecule has 0 bridgehead atoms. The first-order valence-electron chi connectivity index (χ1n) is 6.68. The molecule has 0 radical (unpaired) electrons. The van der Waals surface area contributed by atoms with Crippen molar-refractivity contribution in [3.63, 3.8) is 0 Å². The van der Waals surface area contributed by atoms with Crippen LogP contribution in [-0.2, 0) is 14.4 Å². The van der Waals surface area contributed by atoms with E-state index in [0.717, 1.165) is 11.3 Å². The van der Waals surface area contributed by atoms with Crippen LogP contribution in [0.1, 0.15) is 13.3 Å². The summed E-state index contributed by atoms with van der Waals surface area (Å²) >= 11 is 1.09. The van der Waals surface area contributed by atoms with E-state index < -0.39 is 5.82 Å². The Morgan fingerprint density at radius 1 is 1.33 bits per heavy atom. The van der Waals surface area contributed by atoms with Gasteiger partial charge >= 0.3 is 0 Å². The zero-order valence-corrected chi connectivity index (χ0v) is 13.5. The Hall–Kier alpha value is -2.88. The summed E-state index contributed by atoms with van der Waals surface area (Å²) in [6.07, 6.45) is 0.133. The van der Waals surface area contributed by atoms with E-state index in [2.05, 4.69) is 20.8 Å². The average Bonchev–Trinajstić information content (AvgIpc) is 2.96. The topological polar surface area (TPSA) is 121 Å². The number of nitrogens with one attached hydrogen (secondary N) is 2. The second-order valence-electron chi connectivity index (χ2n) is 4.28. The second-order valence-corrected chi connectivity index (χ2v) is 5.26. The zero-order chi connectivity index (χ0) is 17.9. The second kappa shape index (κ2) is 10.0. The van der Waals surface area contributed by atoms with Crippen molar-refractivity contribution < 1.29 is 23.9 Å². The summed E-state index contributed by atoms with van der Waals surface area (Å²) in [6, 6.07) is 6.22. The van der Waals surface area contributed by atoms with E-state index in [-0.39, 0.29) is 31.3 Å². The molecule has 24 heavy (non-hydrogen) atoms. The maximum absolute atomic E-state index is 13.6. The van der Waals surface area contributed by atoms with Gasteiger partial charge in [0.1, 0.15) is 5.82 Å². The van der Waals surface area contributed by atoms with Crippen LogP contribution in [0.2, 0.25) is 0 Å². The van der Waals surface area contributed by atoms with Crippen LogP contribution in [0.3, 0.4) is 0 Å². The van der Waals surface area contributed by atoms with Gasteiger partial charge in [0.2, 0.25) is 16.9 Å². The number of carbonyl (C=O) groups is 3. The van der Waals surface area contributed by atoms with Crippen LogP contribution >= 0.6 is 11.3 Å². The molecule has 1 heterocycles. The van der Waals surface area contributed by atoms with E-state index in [1.54, 1.807) is 18.2 Å². The monoisotopic (exact) mass is 354 g/mol. The molecule has 0 aliphatic heterocycles. The maximum Gasteiger partial charge on any atom is 0.290 e. The predicted molar refractivity (Wildman–Crippen MR) is 85.9 cm³/mol. The number of anilines is 1. The standard InChI is InChI=1S/C13H13FN4O2S.CH2O2/c1-8(19)15-7-6-11(20)16-13-18-17-12(21-13)9-4-2-3-5-10(9)14;2-1-3/h2-5H,6-7H2,1H3,(H,15,19)(H,16,18,20);1H,(H,2,3). The molecule has 0 fully saturated rings. The van der Waals surface area contributed by atoms with Crippen molar-refractivity contribution in [2.75, 3.05) is 11.9 Å². The van der Waals surface area contributed by atoms with Crippen molar-refractivity contribution in [2.24, 2.45) is 0 Å². The third-order valence-corrected chi connectivity index (χ3v) is 3.37. The van der Waals surface area contributed by atoms with Gasteiger partial charge in [0, 0.05) is 25.5 Å². The number of hydrogen-bond donors (Lipinski definition) is 3. The van der Waals surface area contributed by atoms with E-state index in [4.69, 9.17) is 9.90 Å². The summed E-state index contributed by atoms with van der Waals surface area (Å²) in [7, 11) is 0. The highest BCUT2D eigenvalue weighted by molar-refractivity contribution is 7.18. The first-order valence-corrected chi connectivity index (χ1v) is 7.50. The molecular formula is C14H15FN4O4S. The van der Waals surface area contributed by atoms with Crippen LogP contribution in [0.25, 0.3) is 10.6 Å². The summed E-state index contributed by atoms with van der Waals surface area (Å²) < 4.78 is 13.6. The lowest BCUT2D eigenvalue weighted by Gasteiger charge is -2.01. The number of carboxylic acid groups (broad SMARTS) is 1. The van der Waals surface area contributed by atoms with Crippen LogP contribution in [0.4, 0.5) is 9.52 Å². The number of halogens is 1. The number of hydrogen-bond acceptors (Lipinski definition) is 6. The molecule has 3 N–H and O–H groups in total. The summed E-state index contributed by atoms with van der Waals surface area (Å²) in [6.45, 7) is 1.38. The maximum atomic E-state index is 13.6. The minimum Gasteiger partial charge on any atom is -0.483 e. The van der Waals surface area contributed by atoms with Gasteiger partial charge in [-0.2, -0.15) is 0 Å². The summed E-state index contributed by atoms with van der Waals surface area (Å²) in [5, 5.41) is 20.3. The Bertz CT molecular complexity index is 708. The molecule has 0 aliphatic rings. The first-order chi connectivity index (χ1) is 11.5. The molecule has 1 aromatic heterocycles. The molecule has 0 spiro atoms. The van der Waals surface area contributed by atoms with Crippen molar-refractivity contribution in [1.29, 1.82) is 0 Å². The highest BCUT2D eigenvalue weighted by atomic mass is 32.1. The summed E-state index contributed by atoms with van der Waals surface area (Å²) in [5.41, 5.74) is 0.341. The average molecular weight is 354 g/mol. The predicted octanol–water partition coefficient (Wildman–Crippen LogP) is 1.51. The molecule has 8 nitrogen and oxygen atoms in total. The number of rotatable bonds is 5. The van der Waals surface area contributed by atoms with E-state index in [9.17, 15) is 14.0 Å². The molecule has 0 aliphatic carbocycles. The lowest BCUT2D eigenvalue weighted by molar-refractivity contribution is -0.123. The molecule has 10 heteroatoms. The molecule has 0 unspecified atom stereocenters. The highest BCUT2D eigenvalue weighted by Crippen LogP contribution is 2.28. The smallest absolute Gasteiger partial charge is 0.290 e. The number of aromatic nitrogens is 2. The lowest BCUT2D eigenvalue weighted by atomic mass is 10.2. The van der Waals surface area contributed by atoms with Crippen molar-refractivity contribution >= 4 is 34.8 Å². The quantitative estimate of drug-likeness (QED) is 0.700. The highest BCUT2D eigenvalue weighted by Gasteiger charge is 2.12. The molecule has 0 saturated carbocycles. The third kappa shape index (κ3) is 6.48. The van der Waals surface area contributed by atoms with Crippen LogP contribution in [0.5, 0.6) is 0 Å². The van der Waals surface area contributed by atoms with Crippen molar-refractivity contribution in [1.82, 2.24) is 15.5 Å². The van der Waals surface area contributed by atoms with Gasteiger partial charge in [-0.15, -0.1) is 10.2 Å².